The summed E-state index contributed by atoms with van der Waals surface area (Å²) in [6.07, 6.45) is 1.17. The molecular weight excluding hydrogens is 391 g/mol. The van der Waals surface area contributed by atoms with Gasteiger partial charge in [-0.25, -0.2) is 12.8 Å². The molecule has 0 saturated heterocycles. The highest BCUT2D eigenvalue weighted by Crippen LogP contribution is 2.17. The maximum absolute atomic E-state index is 13.7. The molecule has 0 spiro atoms. The van der Waals surface area contributed by atoms with E-state index >= 15 is 0 Å². The van der Waals surface area contributed by atoms with Gasteiger partial charge in [0.15, 0.2) is 15.8 Å². The molecule has 2 N–H and O–H groups in total. The Morgan fingerprint density at radius 1 is 1.10 bits per heavy atom. The molecule has 0 bridgehead atoms. The number of sulfone groups is 1. The Labute approximate surface area is 172 Å². The van der Waals surface area contributed by atoms with Crippen LogP contribution in [-0.4, -0.2) is 53.2 Å². The van der Waals surface area contributed by atoms with Crippen LogP contribution >= 0.6 is 0 Å². The van der Waals surface area contributed by atoms with E-state index in [0.29, 0.717) is 23.6 Å². The maximum Gasteiger partial charge on any atom is 0.191 e. The van der Waals surface area contributed by atoms with Crippen molar-refractivity contribution in [3.05, 3.63) is 71.0 Å². The van der Waals surface area contributed by atoms with Gasteiger partial charge in [0.05, 0.1) is 11.8 Å². The third-order valence-electron chi connectivity index (χ3n) is 4.53. The fraction of sp³-hybridized carbons (Fsp3) is 0.381. The highest BCUT2D eigenvalue weighted by molar-refractivity contribution is 7.89. The number of aliphatic imine (C=N–C) groups is 1. The summed E-state index contributed by atoms with van der Waals surface area (Å²) in [6.45, 7) is 0.885. The van der Waals surface area contributed by atoms with Crippen molar-refractivity contribution in [2.45, 2.75) is 18.3 Å². The van der Waals surface area contributed by atoms with E-state index in [1.165, 1.54) is 30.0 Å². The summed E-state index contributed by atoms with van der Waals surface area (Å²) in [4.78, 5) is 6.34. The number of likely N-dealkylation sites (N-methyl/N-ethyl adjacent to an activating group) is 1. The number of nitrogens with one attached hydrogen (secondary N) is 2. The second kappa shape index (κ2) is 10.4. The van der Waals surface area contributed by atoms with Crippen molar-refractivity contribution in [2.24, 2.45) is 4.99 Å². The van der Waals surface area contributed by atoms with Crippen LogP contribution in [0.3, 0.4) is 0 Å². The first-order valence-corrected chi connectivity index (χ1v) is 11.4. The molecule has 0 aliphatic rings. The van der Waals surface area contributed by atoms with Crippen molar-refractivity contribution in [3.63, 3.8) is 0 Å². The Kier molecular flexibility index (Phi) is 8.16. The lowest BCUT2D eigenvalue weighted by Gasteiger charge is -2.26. The summed E-state index contributed by atoms with van der Waals surface area (Å²) < 4.78 is 37.0. The average molecular weight is 421 g/mol. The second-order valence-electron chi connectivity index (χ2n) is 7.18. The zero-order valence-corrected chi connectivity index (χ0v) is 18.1. The summed E-state index contributed by atoms with van der Waals surface area (Å²) in [5.41, 5.74) is 2.35. The largest absolute Gasteiger partial charge is 0.354 e. The number of hydrogen-bond donors (Lipinski definition) is 2. The molecule has 0 heterocycles. The molecule has 2 aromatic rings. The summed E-state index contributed by atoms with van der Waals surface area (Å²) in [7, 11) is 2.47. The Morgan fingerprint density at radius 3 is 2.38 bits per heavy atom. The molecule has 0 amide bonds. The molecule has 8 heteroatoms. The topological polar surface area (TPSA) is 73.8 Å². The van der Waals surface area contributed by atoms with Gasteiger partial charge in [0.2, 0.25) is 0 Å². The Balaban J connectivity index is 2.05. The number of nitrogens with zero attached hydrogens (tertiary/aromatic N) is 2. The summed E-state index contributed by atoms with van der Waals surface area (Å²) in [5, 5.41) is 6.43. The Hall–Kier alpha value is -2.45. The minimum absolute atomic E-state index is 0.132. The van der Waals surface area contributed by atoms with Gasteiger partial charge in [-0.1, -0.05) is 36.4 Å². The Morgan fingerprint density at radius 2 is 1.79 bits per heavy atom. The van der Waals surface area contributed by atoms with Gasteiger partial charge in [0.25, 0.3) is 0 Å². The van der Waals surface area contributed by atoms with Crippen molar-refractivity contribution in [1.82, 2.24) is 15.5 Å². The van der Waals surface area contributed by atoms with Gasteiger partial charge in [0, 0.05) is 26.4 Å². The first kappa shape index (κ1) is 22.8. The van der Waals surface area contributed by atoms with Crippen LogP contribution in [0.2, 0.25) is 0 Å². The molecule has 1 atom stereocenters. The van der Waals surface area contributed by atoms with E-state index < -0.39 is 15.7 Å². The molecule has 158 valence electrons. The van der Waals surface area contributed by atoms with Crippen molar-refractivity contribution in [2.75, 3.05) is 33.9 Å². The highest BCUT2D eigenvalue weighted by Gasteiger charge is 2.15. The van der Waals surface area contributed by atoms with Gasteiger partial charge in [-0.2, -0.15) is 0 Å². The van der Waals surface area contributed by atoms with Crippen LogP contribution in [0.5, 0.6) is 0 Å². The molecule has 0 aromatic heterocycles. The minimum atomic E-state index is -3.22. The van der Waals surface area contributed by atoms with E-state index in [2.05, 4.69) is 32.7 Å². The lowest BCUT2D eigenvalue weighted by Crippen LogP contribution is -2.41. The lowest BCUT2D eigenvalue weighted by atomic mass is 10.1. The van der Waals surface area contributed by atoms with E-state index in [-0.39, 0.29) is 18.3 Å². The molecule has 2 rings (SSSR count). The zero-order valence-electron chi connectivity index (χ0n) is 17.3. The van der Waals surface area contributed by atoms with E-state index in [0.717, 1.165) is 0 Å². The normalized spacial score (nSPS) is 13.4. The van der Waals surface area contributed by atoms with E-state index in [1.54, 1.807) is 7.05 Å². The molecule has 1 unspecified atom stereocenters. The smallest absolute Gasteiger partial charge is 0.191 e. The molecule has 29 heavy (non-hydrogen) atoms. The molecule has 2 aromatic carbocycles. The van der Waals surface area contributed by atoms with Crippen molar-refractivity contribution in [3.8, 4) is 0 Å². The quantitative estimate of drug-likeness (QED) is 0.507. The lowest BCUT2D eigenvalue weighted by molar-refractivity contribution is 0.298. The number of hydrogen-bond acceptors (Lipinski definition) is 4. The van der Waals surface area contributed by atoms with E-state index in [1.807, 2.05) is 32.3 Å². The van der Waals surface area contributed by atoms with Gasteiger partial charge in [0.1, 0.15) is 5.82 Å². The van der Waals surface area contributed by atoms with Gasteiger partial charge < -0.3 is 15.5 Å². The summed E-state index contributed by atoms with van der Waals surface area (Å²) in [5.74, 6) is 0.0219. The summed E-state index contributed by atoms with van der Waals surface area (Å²) in [6, 6.07) is 14.4. The highest BCUT2D eigenvalue weighted by atomic mass is 32.2. The summed E-state index contributed by atoms with van der Waals surface area (Å²) >= 11 is 0. The fourth-order valence-corrected chi connectivity index (χ4v) is 3.90. The van der Waals surface area contributed by atoms with Crippen LogP contribution in [0, 0.1) is 5.82 Å². The number of benzene rings is 2. The van der Waals surface area contributed by atoms with Crippen molar-refractivity contribution >= 4 is 15.8 Å². The number of guanidine groups is 1. The Bertz CT molecular complexity index is 931. The van der Waals surface area contributed by atoms with Gasteiger partial charge in [-0.15, -0.1) is 0 Å². The second-order valence-corrected chi connectivity index (χ2v) is 9.32. The average Bonchev–Trinajstić information content (AvgIpc) is 2.66. The molecular formula is C21H29FN4O2S. The monoisotopic (exact) mass is 420 g/mol. The fourth-order valence-electron chi connectivity index (χ4n) is 3.05. The molecule has 0 radical (unpaired) electrons. The van der Waals surface area contributed by atoms with Crippen molar-refractivity contribution < 1.29 is 12.8 Å². The maximum atomic E-state index is 13.7. The third kappa shape index (κ3) is 7.47. The SMILES string of the molecule is CN=C(NCc1cc(F)ccc1CS(C)(=O)=O)NCC(c1ccccc1)N(C)C. The van der Waals surface area contributed by atoms with Crippen LogP contribution in [0.25, 0.3) is 0 Å². The minimum Gasteiger partial charge on any atom is -0.354 e. The predicted octanol–water partition coefficient (Wildman–Crippen LogP) is 2.34. The molecule has 0 aliphatic carbocycles. The van der Waals surface area contributed by atoms with E-state index in [4.69, 9.17) is 0 Å². The number of rotatable bonds is 8. The first-order valence-electron chi connectivity index (χ1n) is 9.30. The van der Waals surface area contributed by atoms with E-state index in [9.17, 15) is 12.8 Å². The zero-order chi connectivity index (χ0) is 21.4. The number of halogens is 1. The molecule has 0 aliphatic heterocycles. The molecule has 0 saturated carbocycles. The van der Waals surface area contributed by atoms with Crippen LogP contribution in [0.4, 0.5) is 4.39 Å². The van der Waals surface area contributed by atoms with Crippen LogP contribution < -0.4 is 10.6 Å². The van der Waals surface area contributed by atoms with Crippen LogP contribution in [0.15, 0.2) is 53.5 Å². The first-order chi connectivity index (χ1) is 13.7. The molecule has 6 nitrogen and oxygen atoms in total. The molecule has 0 fully saturated rings. The van der Waals surface area contributed by atoms with Gasteiger partial charge in [-0.05, 0) is 42.9 Å². The predicted molar refractivity (Wildman–Crippen MR) is 116 cm³/mol. The van der Waals surface area contributed by atoms with Crippen LogP contribution in [0.1, 0.15) is 22.7 Å². The third-order valence-corrected chi connectivity index (χ3v) is 5.36. The van der Waals surface area contributed by atoms with Gasteiger partial charge in [-0.3, -0.25) is 4.99 Å². The van der Waals surface area contributed by atoms with Crippen molar-refractivity contribution in [1.29, 1.82) is 0 Å². The van der Waals surface area contributed by atoms with Gasteiger partial charge >= 0.3 is 0 Å². The van der Waals surface area contributed by atoms with Crippen LogP contribution in [-0.2, 0) is 22.1 Å². The standard InChI is InChI=1S/C21H29FN4O2S/c1-23-21(25-14-20(26(2)3)16-8-6-5-7-9-16)24-13-18-12-19(22)11-10-17(18)15-29(4,27)28/h5-12,20H,13-15H2,1-4H3,(H2,23,24,25).